The molecule has 0 aromatic heterocycles. The zero-order chi connectivity index (χ0) is 15.6. The molecule has 0 saturated carbocycles. The van der Waals surface area contributed by atoms with Gasteiger partial charge in [-0.25, -0.2) is 9.59 Å². The monoisotopic (exact) mass is 304 g/mol. The molecule has 0 spiro atoms. The summed E-state index contributed by atoms with van der Waals surface area (Å²) in [4.78, 5) is 22.6. The van der Waals surface area contributed by atoms with E-state index >= 15 is 0 Å². The third-order valence-electron chi connectivity index (χ3n) is 3.16. The van der Waals surface area contributed by atoms with Crippen LogP contribution in [-0.2, 0) is 4.74 Å². The van der Waals surface area contributed by atoms with Gasteiger partial charge in [0.15, 0.2) is 0 Å². The number of aromatic carboxylic acids is 1. The van der Waals surface area contributed by atoms with Crippen LogP contribution in [0.5, 0.6) is 0 Å². The van der Waals surface area contributed by atoms with Crippen molar-refractivity contribution in [1.82, 2.24) is 0 Å². The summed E-state index contributed by atoms with van der Waals surface area (Å²) in [7, 11) is 1.29. The van der Waals surface area contributed by atoms with E-state index < -0.39 is 11.9 Å². The van der Waals surface area contributed by atoms with Crippen molar-refractivity contribution in [3.05, 3.63) is 58.1 Å². The van der Waals surface area contributed by atoms with Gasteiger partial charge in [0.1, 0.15) is 0 Å². The van der Waals surface area contributed by atoms with Crippen LogP contribution in [0.2, 0.25) is 5.02 Å². The summed E-state index contributed by atoms with van der Waals surface area (Å²) in [5, 5.41) is 9.29. The first-order valence-corrected chi connectivity index (χ1v) is 6.54. The molecular weight excluding hydrogens is 292 g/mol. The molecule has 0 aliphatic rings. The van der Waals surface area contributed by atoms with Gasteiger partial charge in [-0.05, 0) is 47.9 Å². The second-order valence-electron chi connectivity index (χ2n) is 4.52. The average molecular weight is 305 g/mol. The first kappa shape index (κ1) is 15.1. The summed E-state index contributed by atoms with van der Waals surface area (Å²) < 4.78 is 4.69. The summed E-state index contributed by atoms with van der Waals surface area (Å²) >= 11 is 5.99. The van der Waals surface area contributed by atoms with Gasteiger partial charge < -0.3 is 9.84 Å². The Bertz CT molecular complexity index is 722. The molecule has 0 aliphatic heterocycles. The van der Waals surface area contributed by atoms with Gasteiger partial charge in [0.05, 0.1) is 23.3 Å². The lowest BCUT2D eigenvalue weighted by atomic mass is 9.97. The van der Waals surface area contributed by atoms with Gasteiger partial charge in [0.25, 0.3) is 0 Å². The van der Waals surface area contributed by atoms with E-state index in [1.54, 1.807) is 30.3 Å². The van der Waals surface area contributed by atoms with E-state index in [0.29, 0.717) is 5.02 Å². The largest absolute Gasteiger partial charge is 0.478 e. The second-order valence-corrected chi connectivity index (χ2v) is 4.93. The smallest absolute Gasteiger partial charge is 0.339 e. The SMILES string of the molecule is COC(=O)c1cc(-c2ccc(C(=O)O)cc2C)ccc1Cl. The predicted molar refractivity (Wildman–Crippen MR) is 79.9 cm³/mol. The highest BCUT2D eigenvalue weighted by molar-refractivity contribution is 6.33. The normalized spacial score (nSPS) is 10.2. The number of methoxy groups -OCH3 is 1. The van der Waals surface area contributed by atoms with Crippen LogP contribution in [0.25, 0.3) is 11.1 Å². The Balaban J connectivity index is 2.52. The quantitative estimate of drug-likeness (QED) is 0.876. The van der Waals surface area contributed by atoms with Crippen LogP contribution in [0.1, 0.15) is 26.3 Å². The minimum Gasteiger partial charge on any atom is -0.478 e. The van der Waals surface area contributed by atoms with Gasteiger partial charge in [-0.1, -0.05) is 23.7 Å². The van der Waals surface area contributed by atoms with Crippen LogP contribution in [0, 0.1) is 6.92 Å². The maximum atomic E-state index is 11.7. The van der Waals surface area contributed by atoms with Gasteiger partial charge in [-0.3, -0.25) is 0 Å². The van der Waals surface area contributed by atoms with E-state index in [4.69, 9.17) is 16.7 Å². The summed E-state index contributed by atoms with van der Waals surface area (Å²) in [5.74, 6) is -1.49. The van der Waals surface area contributed by atoms with Gasteiger partial charge >= 0.3 is 11.9 Å². The number of carbonyl (C=O) groups is 2. The first-order valence-electron chi connectivity index (χ1n) is 6.16. The topological polar surface area (TPSA) is 63.6 Å². The Morgan fingerprint density at radius 3 is 2.43 bits per heavy atom. The number of aryl methyl sites for hydroxylation is 1. The Morgan fingerprint density at radius 1 is 1.14 bits per heavy atom. The molecule has 2 rings (SSSR count). The lowest BCUT2D eigenvalue weighted by Crippen LogP contribution is -2.02. The molecule has 0 saturated heterocycles. The molecule has 1 N–H and O–H groups in total. The number of carboxylic acids is 1. The lowest BCUT2D eigenvalue weighted by molar-refractivity contribution is 0.0600. The summed E-state index contributed by atoms with van der Waals surface area (Å²) in [6, 6.07) is 9.85. The van der Waals surface area contributed by atoms with Crippen molar-refractivity contribution in [3.8, 4) is 11.1 Å². The Labute approximate surface area is 126 Å². The number of halogens is 1. The minimum absolute atomic E-state index is 0.221. The van der Waals surface area contributed by atoms with Crippen LogP contribution >= 0.6 is 11.6 Å². The van der Waals surface area contributed by atoms with E-state index in [1.165, 1.54) is 13.2 Å². The molecule has 0 amide bonds. The molecule has 21 heavy (non-hydrogen) atoms. The van der Waals surface area contributed by atoms with Crippen LogP contribution in [-0.4, -0.2) is 24.2 Å². The number of esters is 1. The highest BCUT2D eigenvalue weighted by Gasteiger charge is 2.13. The predicted octanol–water partition coefficient (Wildman–Crippen LogP) is 3.80. The fourth-order valence-corrected chi connectivity index (χ4v) is 2.27. The maximum absolute atomic E-state index is 11.7. The fraction of sp³-hybridized carbons (Fsp3) is 0.125. The molecule has 0 fully saturated rings. The number of hydrogen-bond donors (Lipinski definition) is 1. The molecule has 2 aromatic carbocycles. The van der Waals surface area contributed by atoms with Gasteiger partial charge in [0, 0.05) is 0 Å². The standard InChI is InChI=1S/C16H13ClO4/c1-9-7-11(15(18)19)3-5-12(9)10-4-6-14(17)13(8-10)16(20)21-2/h3-8H,1-2H3,(H,18,19). The average Bonchev–Trinajstić information content (AvgIpc) is 2.47. The number of hydrogen-bond acceptors (Lipinski definition) is 3. The molecule has 0 aliphatic carbocycles. The third-order valence-corrected chi connectivity index (χ3v) is 3.49. The summed E-state index contributed by atoms with van der Waals surface area (Å²) in [6.07, 6.45) is 0. The van der Waals surface area contributed by atoms with Crippen molar-refractivity contribution < 1.29 is 19.4 Å². The molecule has 0 unspecified atom stereocenters. The molecule has 0 radical (unpaired) electrons. The van der Waals surface area contributed by atoms with E-state index in [9.17, 15) is 9.59 Å². The van der Waals surface area contributed by atoms with Crippen molar-refractivity contribution in [2.24, 2.45) is 0 Å². The summed E-state index contributed by atoms with van der Waals surface area (Å²) in [5.41, 5.74) is 2.90. The van der Waals surface area contributed by atoms with E-state index in [0.717, 1.165) is 16.7 Å². The number of carboxylic acid groups (broad SMARTS) is 1. The van der Waals surface area contributed by atoms with Gasteiger partial charge in [-0.2, -0.15) is 0 Å². The van der Waals surface area contributed by atoms with Gasteiger partial charge in [0.2, 0.25) is 0 Å². The lowest BCUT2D eigenvalue weighted by Gasteiger charge is -2.10. The first-order chi connectivity index (χ1) is 9.93. The fourth-order valence-electron chi connectivity index (χ4n) is 2.08. The molecule has 0 atom stereocenters. The zero-order valence-corrected chi connectivity index (χ0v) is 12.3. The van der Waals surface area contributed by atoms with E-state index in [2.05, 4.69) is 4.74 Å². The van der Waals surface area contributed by atoms with Crippen molar-refractivity contribution >= 4 is 23.5 Å². The number of ether oxygens (including phenoxy) is 1. The number of rotatable bonds is 3. The highest BCUT2D eigenvalue weighted by Crippen LogP contribution is 2.28. The molecule has 0 heterocycles. The molecule has 108 valence electrons. The Hall–Kier alpha value is -2.33. The third kappa shape index (κ3) is 3.06. The van der Waals surface area contributed by atoms with Crippen molar-refractivity contribution in [1.29, 1.82) is 0 Å². The highest BCUT2D eigenvalue weighted by atomic mass is 35.5. The Morgan fingerprint density at radius 2 is 1.86 bits per heavy atom. The van der Waals surface area contributed by atoms with E-state index in [1.807, 2.05) is 6.92 Å². The van der Waals surface area contributed by atoms with E-state index in [-0.39, 0.29) is 11.1 Å². The van der Waals surface area contributed by atoms with Crippen LogP contribution < -0.4 is 0 Å². The second kappa shape index (κ2) is 5.97. The van der Waals surface area contributed by atoms with Crippen molar-refractivity contribution in [2.45, 2.75) is 6.92 Å². The van der Waals surface area contributed by atoms with Gasteiger partial charge in [-0.15, -0.1) is 0 Å². The molecule has 5 heteroatoms. The maximum Gasteiger partial charge on any atom is 0.339 e. The molecule has 2 aromatic rings. The van der Waals surface area contributed by atoms with Crippen LogP contribution in [0.15, 0.2) is 36.4 Å². The van der Waals surface area contributed by atoms with Crippen molar-refractivity contribution in [3.63, 3.8) is 0 Å². The summed E-state index contributed by atoms with van der Waals surface area (Å²) in [6.45, 7) is 1.81. The van der Waals surface area contributed by atoms with Crippen molar-refractivity contribution in [2.75, 3.05) is 7.11 Å². The zero-order valence-electron chi connectivity index (χ0n) is 11.5. The van der Waals surface area contributed by atoms with Crippen LogP contribution in [0.3, 0.4) is 0 Å². The molecular formula is C16H13ClO4. The van der Waals surface area contributed by atoms with Crippen LogP contribution in [0.4, 0.5) is 0 Å². The minimum atomic E-state index is -0.976. The molecule has 4 nitrogen and oxygen atoms in total. The number of benzene rings is 2. The molecule has 0 bridgehead atoms. The number of carbonyl (C=O) groups excluding carboxylic acids is 1. The Kier molecular flexibility index (Phi) is 4.29.